The van der Waals surface area contributed by atoms with E-state index in [0.29, 0.717) is 19.0 Å². The largest absolute Gasteiger partial charge is 0.459 e. The van der Waals surface area contributed by atoms with E-state index in [2.05, 4.69) is 24.3 Å². The molecule has 1 aliphatic carbocycles. The molecule has 0 aromatic heterocycles. The maximum atomic E-state index is 13.0. The number of carbonyl (C=O) groups excluding carboxylic acids is 2. The smallest absolute Gasteiger partial charge is 0.314 e. The summed E-state index contributed by atoms with van der Waals surface area (Å²) in [7, 11) is 0. The van der Waals surface area contributed by atoms with E-state index in [1.807, 2.05) is 49.9 Å². The van der Waals surface area contributed by atoms with Crippen molar-refractivity contribution < 1.29 is 14.3 Å². The SMILES string of the molecule is CC(C)(C)OC(=O)[C@H](c1ccc(CN2Cc3ccccc3C2=O)cc1)C1CCCC1. The summed E-state index contributed by atoms with van der Waals surface area (Å²) in [5, 5.41) is 0. The van der Waals surface area contributed by atoms with Crippen LogP contribution in [0.4, 0.5) is 0 Å². The Kier molecular flexibility index (Phi) is 5.68. The molecule has 1 aliphatic heterocycles. The highest BCUT2D eigenvalue weighted by molar-refractivity contribution is 5.98. The van der Waals surface area contributed by atoms with Crippen molar-refractivity contribution in [2.75, 3.05) is 0 Å². The Bertz CT molecular complexity index is 920. The first kappa shape index (κ1) is 20.6. The fourth-order valence-corrected chi connectivity index (χ4v) is 4.75. The van der Waals surface area contributed by atoms with E-state index in [1.165, 1.54) is 12.8 Å². The molecule has 1 saturated carbocycles. The molecule has 0 spiro atoms. The monoisotopic (exact) mass is 405 g/mol. The van der Waals surface area contributed by atoms with Crippen LogP contribution in [0.5, 0.6) is 0 Å². The summed E-state index contributed by atoms with van der Waals surface area (Å²) in [6.45, 7) is 6.99. The Morgan fingerprint density at radius 1 is 1.07 bits per heavy atom. The van der Waals surface area contributed by atoms with Gasteiger partial charge < -0.3 is 9.64 Å². The number of nitrogens with zero attached hydrogens (tertiary/aromatic N) is 1. The van der Waals surface area contributed by atoms with Crippen LogP contribution < -0.4 is 0 Å². The van der Waals surface area contributed by atoms with Crippen LogP contribution in [0.25, 0.3) is 0 Å². The van der Waals surface area contributed by atoms with Gasteiger partial charge in [-0.1, -0.05) is 55.3 Å². The maximum Gasteiger partial charge on any atom is 0.314 e. The molecule has 0 N–H and O–H groups in total. The summed E-state index contributed by atoms with van der Waals surface area (Å²) in [5.74, 6) is 0.110. The molecule has 0 unspecified atom stereocenters. The zero-order valence-corrected chi connectivity index (χ0v) is 18.2. The fraction of sp³-hybridized carbons (Fsp3) is 0.462. The number of amides is 1. The van der Waals surface area contributed by atoms with Crippen LogP contribution in [-0.2, 0) is 22.6 Å². The van der Waals surface area contributed by atoms with E-state index in [1.54, 1.807) is 0 Å². The molecule has 158 valence electrons. The number of benzene rings is 2. The lowest BCUT2D eigenvalue weighted by Crippen LogP contribution is -2.30. The molecule has 2 aromatic carbocycles. The Morgan fingerprint density at radius 3 is 2.37 bits per heavy atom. The van der Waals surface area contributed by atoms with Crippen LogP contribution in [0.3, 0.4) is 0 Å². The third-order valence-corrected chi connectivity index (χ3v) is 6.14. The number of fused-ring (bicyclic) bond motifs is 1. The summed E-state index contributed by atoms with van der Waals surface area (Å²) in [6, 6.07) is 16.0. The van der Waals surface area contributed by atoms with Crippen LogP contribution in [0, 0.1) is 5.92 Å². The van der Waals surface area contributed by atoms with Gasteiger partial charge in [0.2, 0.25) is 0 Å². The minimum absolute atomic E-state index is 0.0901. The van der Waals surface area contributed by atoms with Gasteiger partial charge >= 0.3 is 5.97 Å². The van der Waals surface area contributed by atoms with Gasteiger partial charge in [0, 0.05) is 18.7 Å². The molecule has 2 aromatic rings. The summed E-state index contributed by atoms with van der Waals surface area (Å²) in [5.41, 5.74) is 3.51. The van der Waals surface area contributed by atoms with E-state index < -0.39 is 5.60 Å². The maximum absolute atomic E-state index is 13.0. The molecule has 1 fully saturated rings. The van der Waals surface area contributed by atoms with Gasteiger partial charge in [0.1, 0.15) is 5.60 Å². The van der Waals surface area contributed by atoms with Crippen molar-refractivity contribution in [3.05, 3.63) is 70.8 Å². The van der Waals surface area contributed by atoms with Crippen LogP contribution in [0.2, 0.25) is 0 Å². The average molecular weight is 406 g/mol. The predicted molar refractivity (Wildman–Crippen MR) is 117 cm³/mol. The van der Waals surface area contributed by atoms with Crippen LogP contribution in [0.1, 0.15) is 79.4 Å². The van der Waals surface area contributed by atoms with E-state index >= 15 is 0 Å². The lowest BCUT2D eigenvalue weighted by atomic mass is 9.84. The zero-order chi connectivity index (χ0) is 21.3. The zero-order valence-electron chi connectivity index (χ0n) is 18.2. The van der Waals surface area contributed by atoms with E-state index in [-0.39, 0.29) is 17.8 Å². The second-order valence-corrected chi connectivity index (χ2v) is 9.62. The number of ether oxygens (including phenoxy) is 1. The quantitative estimate of drug-likeness (QED) is 0.621. The molecule has 1 heterocycles. The number of rotatable bonds is 5. The molecule has 0 saturated heterocycles. The lowest BCUT2D eigenvalue weighted by Gasteiger charge is -2.27. The van der Waals surface area contributed by atoms with Gasteiger partial charge in [-0.2, -0.15) is 0 Å². The van der Waals surface area contributed by atoms with Gasteiger partial charge in [-0.15, -0.1) is 0 Å². The number of hydrogen-bond donors (Lipinski definition) is 0. The second-order valence-electron chi connectivity index (χ2n) is 9.62. The average Bonchev–Trinajstić information content (AvgIpc) is 3.31. The predicted octanol–water partition coefficient (Wildman–Crippen LogP) is 5.46. The Balaban J connectivity index is 1.49. The molecular weight excluding hydrogens is 374 g/mol. The van der Waals surface area contributed by atoms with Crippen molar-refractivity contribution in [1.82, 2.24) is 4.90 Å². The van der Waals surface area contributed by atoms with E-state index in [0.717, 1.165) is 35.1 Å². The van der Waals surface area contributed by atoms with E-state index in [9.17, 15) is 9.59 Å². The summed E-state index contributed by atoms with van der Waals surface area (Å²) >= 11 is 0. The summed E-state index contributed by atoms with van der Waals surface area (Å²) in [4.78, 5) is 27.5. The Labute approximate surface area is 179 Å². The first-order chi connectivity index (χ1) is 14.3. The van der Waals surface area contributed by atoms with Crippen molar-refractivity contribution in [2.45, 2.75) is 71.1 Å². The van der Waals surface area contributed by atoms with Crippen molar-refractivity contribution in [3.63, 3.8) is 0 Å². The van der Waals surface area contributed by atoms with Crippen LogP contribution in [0.15, 0.2) is 48.5 Å². The number of carbonyl (C=O) groups is 2. The van der Waals surface area contributed by atoms with Gasteiger partial charge in [0.25, 0.3) is 5.91 Å². The molecule has 4 rings (SSSR count). The highest BCUT2D eigenvalue weighted by Gasteiger charge is 2.35. The summed E-state index contributed by atoms with van der Waals surface area (Å²) in [6.07, 6.45) is 4.51. The highest BCUT2D eigenvalue weighted by Crippen LogP contribution is 2.39. The first-order valence-corrected chi connectivity index (χ1v) is 11.0. The molecule has 30 heavy (non-hydrogen) atoms. The standard InChI is InChI=1S/C26H31NO3/c1-26(2,3)30-25(29)23(19-8-4-5-9-19)20-14-12-18(13-15-20)16-27-17-21-10-6-7-11-22(21)24(27)28/h6-7,10-15,19,23H,4-5,8-9,16-17H2,1-3H3/t23-/m0/s1. The fourth-order valence-electron chi connectivity index (χ4n) is 4.75. The third kappa shape index (κ3) is 4.43. The Hall–Kier alpha value is -2.62. The van der Waals surface area contributed by atoms with Crippen molar-refractivity contribution in [2.24, 2.45) is 5.92 Å². The normalized spacial score (nSPS) is 17.8. The highest BCUT2D eigenvalue weighted by atomic mass is 16.6. The molecule has 0 bridgehead atoms. The molecular formula is C26H31NO3. The number of esters is 1. The molecule has 2 aliphatic rings. The summed E-state index contributed by atoms with van der Waals surface area (Å²) < 4.78 is 5.76. The topological polar surface area (TPSA) is 46.6 Å². The van der Waals surface area contributed by atoms with Gasteiger partial charge in [0.15, 0.2) is 0 Å². The van der Waals surface area contributed by atoms with E-state index in [4.69, 9.17) is 4.74 Å². The minimum Gasteiger partial charge on any atom is -0.459 e. The molecule has 4 heteroatoms. The molecule has 0 radical (unpaired) electrons. The first-order valence-electron chi connectivity index (χ1n) is 11.0. The Morgan fingerprint density at radius 2 is 1.73 bits per heavy atom. The van der Waals surface area contributed by atoms with Crippen LogP contribution in [-0.4, -0.2) is 22.4 Å². The van der Waals surface area contributed by atoms with Gasteiger partial charge in [0.05, 0.1) is 5.92 Å². The second kappa shape index (κ2) is 8.25. The van der Waals surface area contributed by atoms with Gasteiger partial charge in [-0.25, -0.2) is 0 Å². The van der Waals surface area contributed by atoms with Crippen molar-refractivity contribution >= 4 is 11.9 Å². The minimum atomic E-state index is -0.487. The molecule has 4 nitrogen and oxygen atoms in total. The van der Waals surface area contributed by atoms with Crippen molar-refractivity contribution in [3.8, 4) is 0 Å². The van der Waals surface area contributed by atoms with Crippen LogP contribution >= 0.6 is 0 Å². The number of hydrogen-bond acceptors (Lipinski definition) is 3. The third-order valence-electron chi connectivity index (χ3n) is 6.14. The van der Waals surface area contributed by atoms with Crippen molar-refractivity contribution in [1.29, 1.82) is 0 Å². The van der Waals surface area contributed by atoms with Gasteiger partial charge in [-0.3, -0.25) is 9.59 Å². The van der Waals surface area contributed by atoms with Gasteiger partial charge in [-0.05, 0) is 62.3 Å². The molecule has 1 amide bonds. The lowest BCUT2D eigenvalue weighted by molar-refractivity contribution is -0.158. The molecule has 1 atom stereocenters.